The number of rotatable bonds is 4. The minimum atomic E-state index is -0.0425. The lowest BCUT2D eigenvalue weighted by molar-refractivity contribution is 0.0604. The summed E-state index contributed by atoms with van der Waals surface area (Å²) in [4.78, 5) is 16.5. The Labute approximate surface area is 125 Å². The molecule has 1 fully saturated rings. The average molecular weight is 287 g/mol. The van der Waals surface area contributed by atoms with Crippen LogP contribution in [0.1, 0.15) is 23.7 Å². The van der Waals surface area contributed by atoms with Gasteiger partial charge >= 0.3 is 0 Å². The van der Waals surface area contributed by atoms with Crippen LogP contribution in [0.2, 0.25) is 0 Å². The fourth-order valence-corrected chi connectivity index (χ4v) is 2.61. The number of ether oxygens (including phenoxy) is 1. The average Bonchev–Trinajstić information content (AvgIpc) is 2.56. The number of amides is 1. The summed E-state index contributed by atoms with van der Waals surface area (Å²) in [5, 5.41) is 9.10. The maximum atomic E-state index is 12.5. The molecule has 1 heterocycles. The van der Waals surface area contributed by atoms with Crippen LogP contribution >= 0.6 is 0 Å². The molecule has 112 valence electrons. The van der Waals surface area contributed by atoms with E-state index in [-0.39, 0.29) is 11.9 Å². The van der Waals surface area contributed by atoms with Crippen LogP contribution in [0.15, 0.2) is 24.3 Å². The smallest absolute Gasteiger partial charge is 0.254 e. The number of nitriles is 1. The van der Waals surface area contributed by atoms with Crippen LogP contribution in [0.4, 0.5) is 0 Å². The number of nitrogens with zero attached hydrogens (tertiary/aromatic N) is 3. The van der Waals surface area contributed by atoms with Gasteiger partial charge in [-0.1, -0.05) is 13.0 Å². The molecule has 0 bridgehead atoms. The normalized spacial score (nSPS) is 17.1. The third kappa shape index (κ3) is 3.53. The molecule has 0 radical (unpaired) electrons. The fraction of sp³-hybridized carbons (Fsp3) is 0.500. The van der Waals surface area contributed by atoms with E-state index in [2.05, 4.69) is 11.0 Å². The number of hydrogen-bond donors (Lipinski definition) is 0. The van der Waals surface area contributed by atoms with Crippen molar-refractivity contribution in [2.24, 2.45) is 0 Å². The second-order valence-corrected chi connectivity index (χ2v) is 5.11. The summed E-state index contributed by atoms with van der Waals surface area (Å²) in [5.41, 5.74) is 0.648. The molecule has 0 N–H and O–H groups in total. The zero-order valence-electron chi connectivity index (χ0n) is 12.6. The molecular weight excluding hydrogens is 266 g/mol. The van der Waals surface area contributed by atoms with Crippen LogP contribution in [0.3, 0.4) is 0 Å². The van der Waals surface area contributed by atoms with Crippen molar-refractivity contribution in [2.45, 2.75) is 19.4 Å². The highest BCUT2D eigenvalue weighted by Gasteiger charge is 2.25. The minimum absolute atomic E-state index is 0.0264. The largest absolute Gasteiger partial charge is 0.497 e. The van der Waals surface area contributed by atoms with E-state index in [1.807, 2.05) is 24.0 Å². The first-order valence-electron chi connectivity index (χ1n) is 7.26. The first-order chi connectivity index (χ1) is 10.2. The lowest BCUT2D eigenvalue weighted by Gasteiger charge is -2.36. The molecular formula is C16H21N3O2. The van der Waals surface area contributed by atoms with Crippen LogP contribution in [-0.2, 0) is 0 Å². The first kappa shape index (κ1) is 15.3. The van der Waals surface area contributed by atoms with Crippen molar-refractivity contribution in [2.75, 3.05) is 33.3 Å². The summed E-state index contributed by atoms with van der Waals surface area (Å²) in [5.74, 6) is 0.716. The van der Waals surface area contributed by atoms with Crippen LogP contribution in [-0.4, -0.2) is 55.0 Å². The number of carbonyl (C=O) groups is 1. The van der Waals surface area contributed by atoms with Crippen LogP contribution in [0, 0.1) is 11.3 Å². The molecule has 0 aliphatic carbocycles. The SMILES string of the molecule is CCC(C#N)N1CCN(C(=O)c2cccc(OC)c2)CC1. The second kappa shape index (κ2) is 7.09. The summed E-state index contributed by atoms with van der Waals surface area (Å²) in [6.07, 6.45) is 0.820. The first-order valence-corrected chi connectivity index (χ1v) is 7.26. The Balaban J connectivity index is 1.98. The van der Waals surface area contributed by atoms with Crippen molar-refractivity contribution in [3.63, 3.8) is 0 Å². The van der Waals surface area contributed by atoms with E-state index in [0.29, 0.717) is 24.4 Å². The van der Waals surface area contributed by atoms with E-state index >= 15 is 0 Å². The lowest BCUT2D eigenvalue weighted by atomic mass is 10.1. The molecule has 1 aliphatic heterocycles. The zero-order valence-corrected chi connectivity index (χ0v) is 12.6. The van der Waals surface area contributed by atoms with Crippen LogP contribution in [0.25, 0.3) is 0 Å². The second-order valence-electron chi connectivity index (χ2n) is 5.11. The van der Waals surface area contributed by atoms with Gasteiger partial charge in [-0.2, -0.15) is 5.26 Å². The number of carbonyl (C=O) groups excluding carboxylic acids is 1. The molecule has 5 heteroatoms. The Morgan fingerprint density at radius 1 is 1.38 bits per heavy atom. The van der Waals surface area contributed by atoms with Gasteiger partial charge in [0.15, 0.2) is 0 Å². The molecule has 1 aromatic rings. The van der Waals surface area contributed by atoms with E-state index in [1.54, 1.807) is 19.2 Å². The van der Waals surface area contributed by atoms with Gasteiger partial charge in [-0.05, 0) is 24.6 Å². The van der Waals surface area contributed by atoms with Crippen molar-refractivity contribution in [1.82, 2.24) is 9.80 Å². The Kier molecular flexibility index (Phi) is 5.18. The Hall–Kier alpha value is -2.06. The molecule has 1 aliphatic rings. The molecule has 1 aromatic carbocycles. The van der Waals surface area contributed by atoms with Gasteiger partial charge in [0.05, 0.1) is 19.2 Å². The van der Waals surface area contributed by atoms with Crippen LogP contribution < -0.4 is 4.74 Å². The summed E-state index contributed by atoms with van der Waals surface area (Å²) < 4.78 is 5.15. The highest BCUT2D eigenvalue weighted by atomic mass is 16.5. The van der Waals surface area contributed by atoms with Crippen LogP contribution in [0.5, 0.6) is 5.75 Å². The fourth-order valence-electron chi connectivity index (χ4n) is 2.61. The molecule has 0 saturated carbocycles. The maximum absolute atomic E-state index is 12.5. The minimum Gasteiger partial charge on any atom is -0.497 e. The predicted octanol–water partition coefficient (Wildman–Crippen LogP) is 1.76. The molecule has 5 nitrogen and oxygen atoms in total. The number of piperazine rings is 1. The molecule has 0 spiro atoms. The van der Waals surface area contributed by atoms with E-state index in [1.165, 1.54) is 0 Å². The van der Waals surface area contributed by atoms with Gasteiger partial charge in [-0.25, -0.2) is 0 Å². The molecule has 21 heavy (non-hydrogen) atoms. The Morgan fingerprint density at radius 2 is 2.10 bits per heavy atom. The lowest BCUT2D eigenvalue weighted by Crippen LogP contribution is -2.51. The van der Waals surface area contributed by atoms with Gasteiger partial charge in [0.1, 0.15) is 5.75 Å². The molecule has 2 rings (SSSR count). The zero-order chi connectivity index (χ0) is 15.2. The molecule has 1 amide bonds. The number of methoxy groups -OCH3 is 1. The third-order valence-electron chi connectivity index (χ3n) is 3.89. The molecule has 1 unspecified atom stereocenters. The highest BCUT2D eigenvalue weighted by molar-refractivity contribution is 5.94. The van der Waals surface area contributed by atoms with Gasteiger partial charge in [0.2, 0.25) is 0 Å². The highest BCUT2D eigenvalue weighted by Crippen LogP contribution is 2.16. The van der Waals surface area contributed by atoms with Crippen molar-refractivity contribution in [3.8, 4) is 11.8 Å². The monoisotopic (exact) mass is 287 g/mol. The van der Waals surface area contributed by atoms with E-state index in [0.717, 1.165) is 19.5 Å². The van der Waals surface area contributed by atoms with Crippen molar-refractivity contribution < 1.29 is 9.53 Å². The topological polar surface area (TPSA) is 56.6 Å². The molecule has 1 atom stereocenters. The quantitative estimate of drug-likeness (QED) is 0.846. The van der Waals surface area contributed by atoms with Gasteiger partial charge in [0.25, 0.3) is 5.91 Å². The van der Waals surface area contributed by atoms with Gasteiger partial charge < -0.3 is 9.64 Å². The maximum Gasteiger partial charge on any atom is 0.254 e. The van der Waals surface area contributed by atoms with Gasteiger partial charge in [-0.15, -0.1) is 0 Å². The van der Waals surface area contributed by atoms with Gasteiger partial charge in [-0.3, -0.25) is 9.69 Å². The van der Waals surface area contributed by atoms with Crippen molar-refractivity contribution >= 4 is 5.91 Å². The Morgan fingerprint density at radius 3 is 2.67 bits per heavy atom. The van der Waals surface area contributed by atoms with Crippen molar-refractivity contribution in [1.29, 1.82) is 5.26 Å². The molecule has 0 aromatic heterocycles. The third-order valence-corrected chi connectivity index (χ3v) is 3.89. The van der Waals surface area contributed by atoms with Crippen molar-refractivity contribution in [3.05, 3.63) is 29.8 Å². The molecule has 1 saturated heterocycles. The van der Waals surface area contributed by atoms with E-state index in [4.69, 9.17) is 10.00 Å². The summed E-state index contributed by atoms with van der Waals surface area (Å²) in [6.45, 7) is 4.84. The summed E-state index contributed by atoms with van der Waals surface area (Å²) in [6, 6.07) is 9.50. The predicted molar refractivity (Wildman–Crippen MR) is 80.2 cm³/mol. The standard InChI is InChI=1S/C16H21N3O2/c1-3-14(12-17)18-7-9-19(10-8-18)16(20)13-5-4-6-15(11-13)21-2/h4-6,11,14H,3,7-10H2,1-2H3. The van der Waals surface area contributed by atoms with E-state index < -0.39 is 0 Å². The summed E-state index contributed by atoms with van der Waals surface area (Å²) in [7, 11) is 1.59. The summed E-state index contributed by atoms with van der Waals surface area (Å²) >= 11 is 0. The Bertz CT molecular complexity index is 531. The van der Waals surface area contributed by atoms with E-state index in [9.17, 15) is 4.79 Å². The number of benzene rings is 1. The number of hydrogen-bond acceptors (Lipinski definition) is 4. The van der Waals surface area contributed by atoms with Gasteiger partial charge in [0, 0.05) is 31.7 Å².